The van der Waals surface area contributed by atoms with Crippen LogP contribution in [0.2, 0.25) is 5.02 Å². The molecular weight excluding hydrogens is 380 g/mol. The predicted molar refractivity (Wildman–Crippen MR) is 108 cm³/mol. The molecule has 1 amide bonds. The molecule has 1 fully saturated rings. The highest BCUT2D eigenvalue weighted by Crippen LogP contribution is 2.39. The number of halogens is 1. The van der Waals surface area contributed by atoms with Crippen molar-refractivity contribution in [3.05, 3.63) is 46.6 Å². The lowest BCUT2D eigenvalue weighted by Crippen LogP contribution is -2.31. The van der Waals surface area contributed by atoms with Crippen molar-refractivity contribution in [2.24, 2.45) is 0 Å². The highest BCUT2D eigenvalue weighted by atomic mass is 35.5. The molecule has 1 atom stereocenters. The van der Waals surface area contributed by atoms with Gasteiger partial charge in [0.25, 0.3) is 5.91 Å². The first-order valence-electron chi connectivity index (χ1n) is 9.29. The average molecular weight is 405 g/mol. The lowest BCUT2D eigenvalue weighted by molar-refractivity contribution is 0.0733. The van der Waals surface area contributed by atoms with Gasteiger partial charge in [0, 0.05) is 18.3 Å². The molecule has 1 unspecified atom stereocenters. The summed E-state index contributed by atoms with van der Waals surface area (Å²) in [5.74, 6) is 1.69. The number of ether oxygens (including phenoxy) is 3. The Bertz CT molecular complexity index is 856. The SMILES string of the molecule is COc1ccc(OC)c(C2CCCN2C(=O)c2cnc(OC(C)C)c(Cl)c2)c1. The van der Waals surface area contributed by atoms with Crippen LogP contribution in [0.5, 0.6) is 17.4 Å². The number of rotatable bonds is 6. The maximum Gasteiger partial charge on any atom is 0.255 e. The van der Waals surface area contributed by atoms with Crippen LogP contribution in [0.25, 0.3) is 0 Å². The lowest BCUT2D eigenvalue weighted by Gasteiger charge is -2.27. The van der Waals surface area contributed by atoms with Gasteiger partial charge in [-0.25, -0.2) is 4.98 Å². The summed E-state index contributed by atoms with van der Waals surface area (Å²) in [7, 11) is 3.25. The maximum absolute atomic E-state index is 13.2. The van der Waals surface area contributed by atoms with Gasteiger partial charge in [-0.15, -0.1) is 0 Å². The number of benzene rings is 1. The van der Waals surface area contributed by atoms with Crippen LogP contribution in [0.4, 0.5) is 0 Å². The van der Waals surface area contributed by atoms with Crippen molar-refractivity contribution >= 4 is 17.5 Å². The monoisotopic (exact) mass is 404 g/mol. The first-order chi connectivity index (χ1) is 13.4. The average Bonchev–Trinajstić information content (AvgIpc) is 3.17. The van der Waals surface area contributed by atoms with E-state index in [1.54, 1.807) is 20.3 Å². The van der Waals surface area contributed by atoms with E-state index in [2.05, 4.69) is 4.98 Å². The normalized spacial score (nSPS) is 16.4. The highest BCUT2D eigenvalue weighted by molar-refractivity contribution is 6.32. The summed E-state index contributed by atoms with van der Waals surface area (Å²) in [5, 5.41) is 0.328. The van der Waals surface area contributed by atoms with E-state index in [-0.39, 0.29) is 18.1 Å². The van der Waals surface area contributed by atoms with Crippen LogP contribution in [-0.4, -0.2) is 42.7 Å². The van der Waals surface area contributed by atoms with E-state index in [4.69, 9.17) is 25.8 Å². The molecule has 2 aromatic rings. The molecule has 1 aromatic heterocycles. The minimum Gasteiger partial charge on any atom is -0.497 e. The summed E-state index contributed by atoms with van der Waals surface area (Å²) in [6.07, 6.45) is 3.23. The third kappa shape index (κ3) is 4.17. The van der Waals surface area contributed by atoms with Crippen molar-refractivity contribution in [1.29, 1.82) is 0 Å². The molecule has 2 heterocycles. The summed E-state index contributed by atoms with van der Waals surface area (Å²) in [5.41, 5.74) is 1.38. The standard InChI is InChI=1S/C21H25ClN2O4/c1-13(2)28-20-17(22)10-14(12-23-20)21(25)24-9-5-6-18(24)16-11-15(26-3)7-8-19(16)27-4/h7-8,10-13,18H,5-6,9H2,1-4H3. The van der Waals surface area contributed by atoms with E-state index < -0.39 is 0 Å². The summed E-state index contributed by atoms with van der Waals surface area (Å²) < 4.78 is 16.4. The number of carbonyl (C=O) groups is 1. The minimum absolute atomic E-state index is 0.0463. The topological polar surface area (TPSA) is 60.9 Å². The van der Waals surface area contributed by atoms with Crippen molar-refractivity contribution in [3.63, 3.8) is 0 Å². The Labute approximate surface area is 170 Å². The Morgan fingerprint density at radius 2 is 2.04 bits per heavy atom. The summed E-state index contributed by atoms with van der Waals surface area (Å²) >= 11 is 6.27. The highest BCUT2D eigenvalue weighted by Gasteiger charge is 2.33. The molecule has 0 N–H and O–H groups in total. The number of nitrogens with zero attached hydrogens (tertiary/aromatic N) is 2. The fourth-order valence-electron chi connectivity index (χ4n) is 3.45. The fourth-order valence-corrected chi connectivity index (χ4v) is 3.66. The quantitative estimate of drug-likeness (QED) is 0.708. The van der Waals surface area contributed by atoms with Crippen molar-refractivity contribution < 1.29 is 19.0 Å². The van der Waals surface area contributed by atoms with Gasteiger partial charge in [0.05, 0.1) is 31.9 Å². The second-order valence-corrected chi connectivity index (χ2v) is 7.35. The van der Waals surface area contributed by atoms with Gasteiger partial charge in [0.2, 0.25) is 5.88 Å². The number of hydrogen-bond donors (Lipinski definition) is 0. The summed E-state index contributed by atoms with van der Waals surface area (Å²) in [6, 6.07) is 7.17. The van der Waals surface area contributed by atoms with E-state index in [0.717, 1.165) is 29.9 Å². The van der Waals surface area contributed by atoms with Gasteiger partial charge in [0.1, 0.15) is 16.5 Å². The predicted octanol–water partition coefficient (Wildman–Crippen LogP) is 4.52. The Morgan fingerprint density at radius 1 is 1.25 bits per heavy atom. The van der Waals surface area contributed by atoms with Gasteiger partial charge in [0.15, 0.2) is 0 Å². The van der Waals surface area contributed by atoms with Gasteiger partial charge in [-0.05, 0) is 51.0 Å². The van der Waals surface area contributed by atoms with Gasteiger partial charge >= 0.3 is 0 Å². The number of pyridine rings is 1. The van der Waals surface area contributed by atoms with Crippen molar-refractivity contribution in [3.8, 4) is 17.4 Å². The Balaban J connectivity index is 1.89. The van der Waals surface area contributed by atoms with Crippen molar-refractivity contribution in [2.45, 2.75) is 38.8 Å². The third-order valence-electron chi connectivity index (χ3n) is 4.71. The molecule has 1 aliphatic rings. The molecule has 28 heavy (non-hydrogen) atoms. The van der Waals surface area contributed by atoms with E-state index in [1.165, 1.54) is 6.20 Å². The van der Waals surface area contributed by atoms with Crippen LogP contribution in [0.1, 0.15) is 48.7 Å². The lowest BCUT2D eigenvalue weighted by atomic mass is 10.0. The molecule has 0 aliphatic carbocycles. The maximum atomic E-state index is 13.2. The number of amides is 1. The molecule has 1 aromatic carbocycles. The Kier molecular flexibility index (Phi) is 6.29. The largest absolute Gasteiger partial charge is 0.497 e. The number of carbonyl (C=O) groups excluding carboxylic acids is 1. The second kappa shape index (κ2) is 8.69. The molecule has 150 valence electrons. The van der Waals surface area contributed by atoms with Crippen LogP contribution in [0.3, 0.4) is 0 Å². The number of aromatic nitrogens is 1. The number of methoxy groups -OCH3 is 2. The fraction of sp³-hybridized carbons (Fsp3) is 0.429. The zero-order valence-corrected chi connectivity index (χ0v) is 17.3. The smallest absolute Gasteiger partial charge is 0.255 e. The molecule has 1 saturated heterocycles. The van der Waals surface area contributed by atoms with Crippen LogP contribution in [0.15, 0.2) is 30.5 Å². The number of hydrogen-bond acceptors (Lipinski definition) is 5. The van der Waals surface area contributed by atoms with E-state index in [9.17, 15) is 4.79 Å². The molecule has 0 bridgehead atoms. The Hall–Kier alpha value is -2.47. The molecule has 3 rings (SSSR count). The number of likely N-dealkylation sites (tertiary alicyclic amines) is 1. The summed E-state index contributed by atoms with van der Waals surface area (Å²) in [6.45, 7) is 4.45. The zero-order valence-electron chi connectivity index (χ0n) is 16.6. The first kappa shape index (κ1) is 20.3. The molecule has 6 nitrogen and oxygen atoms in total. The molecular formula is C21H25ClN2O4. The van der Waals surface area contributed by atoms with Gasteiger partial charge in [-0.2, -0.15) is 0 Å². The van der Waals surface area contributed by atoms with Gasteiger partial charge in [-0.1, -0.05) is 11.6 Å². The van der Waals surface area contributed by atoms with E-state index >= 15 is 0 Å². The first-order valence-corrected chi connectivity index (χ1v) is 9.67. The molecule has 0 saturated carbocycles. The minimum atomic E-state index is -0.113. The van der Waals surface area contributed by atoms with E-state index in [0.29, 0.717) is 23.0 Å². The zero-order chi connectivity index (χ0) is 20.3. The Morgan fingerprint density at radius 3 is 2.68 bits per heavy atom. The van der Waals surface area contributed by atoms with E-state index in [1.807, 2.05) is 36.9 Å². The molecule has 1 aliphatic heterocycles. The summed E-state index contributed by atoms with van der Waals surface area (Å²) in [4.78, 5) is 19.2. The van der Waals surface area contributed by atoms with Crippen LogP contribution in [-0.2, 0) is 0 Å². The third-order valence-corrected chi connectivity index (χ3v) is 4.98. The molecule has 0 spiro atoms. The van der Waals surface area contributed by atoms with Crippen LogP contribution < -0.4 is 14.2 Å². The van der Waals surface area contributed by atoms with Gasteiger partial charge in [-0.3, -0.25) is 4.79 Å². The molecule has 0 radical (unpaired) electrons. The van der Waals surface area contributed by atoms with Crippen LogP contribution in [0, 0.1) is 0 Å². The van der Waals surface area contributed by atoms with Crippen molar-refractivity contribution in [2.75, 3.05) is 20.8 Å². The van der Waals surface area contributed by atoms with Crippen molar-refractivity contribution in [1.82, 2.24) is 9.88 Å². The van der Waals surface area contributed by atoms with Crippen LogP contribution >= 0.6 is 11.6 Å². The van der Waals surface area contributed by atoms with Gasteiger partial charge < -0.3 is 19.1 Å². The second-order valence-electron chi connectivity index (χ2n) is 6.94. The molecule has 7 heteroatoms.